The highest BCUT2D eigenvalue weighted by Crippen LogP contribution is 2.36. The molecule has 2 aromatic carbocycles. The number of alkyl halides is 1. The summed E-state index contributed by atoms with van der Waals surface area (Å²) in [4.78, 5) is 24.7. The molecule has 2 heterocycles. The normalized spacial score (nSPS) is 19.6. The van der Waals surface area contributed by atoms with E-state index in [-0.39, 0.29) is 24.3 Å². The Hall–Kier alpha value is -2.93. The molecule has 0 aliphatic carbocycles. The molecule has 3 atom stereocenters. The fourth-order valence-corrected chi connectivity index (χ4v) is 8.51. The Bertz CT molecular complexity index is 1760. The van der Waals surface area contributed by atoms with E-state index >= 15 is 0 Å². The molecule has 2 aliphatic rings. The summed E-state index contributed by atoms with van der Waals surface area (Å²) in [7, 11) is -5.85. The molecule has 14 nitrogen and oxygen atoms in total. The van der Waals surface area contributed by atoms with Crippen LogP contribution < -0.4 is 9.47 Å². The first-order valence-corrected chi connectivity index (χ1v) is 25.3. The van der Waals surface area contributed by atoms with Crippen molar-refractivity contribution in [2.75, 3.05) is 38.9 Å². The monoisotopic (exact) mass is 890 g/mol. The third-order valence-corrected chi connectivity index (χ3v) is 16.4. The first-order chi connectivity index (χ1) is 26.8. The van der Waals surface area contributed by atoms with Gasteiger partial charge in [-0.05, 0) is 114 Å². The molecule has 2 aromatic rings. The number of rotatable bonds is 14. The molecule has 0 radical (unpaired) electrons. The highest BCUT2D eigenvalue weighted by molar-refractivity contribution is 7.85. The second-order valence-corrected chi connectivity index (χ2v) is 25.3. The van der Waals surface area contributed by atoms with Gasteiger partial charge in [0.05, 0.1) is 38.5 Å². The lowest BCUT2D eigenvalue weighted by molar-refractivity contribution is 0.0347. The number of hydrogen-bond acceptors (Lipinski definition) is 12. The summed E-state index contributed by atoms with van der Waals surface area (Å²) >= 11 is 3.78. The van der Waals surface area contributed by atoms with E-state index in [1.807, 2.05) is 36.4 Å². The van der Waals surface area contributed by atoms with E-state index in [4.69, 9.17) is 43.3 Å². The Balaban J connectivity index is 0.000000317. The van der Waals surface area contributed by atoms with Gasteiger partial charge in [-0.2, -0.15) is 17.0 Å². The first-order valence-electron chi connectivity index (χ1n) is 19.4. The maximum Gasteiger partial charge on any atom is 0.426 e. The Morgan fingerprint density at radius 2 is 1.24 bits per heavy atom. The van der Waals surface area contributed by atoms with Gasteiger partial charge >= 0.3 is 22.5 Å². The number of benzene rings is 2. The van der Waals surface area contributed by atoms with Gasteiger partial charge in [0.15, 0.2) is 8.32 Å². The molecule has 2 amide bonds. The standard InChI is InChI=1S/C23H39NO6SSi.C17H24ClNO6S/c1-22(2,3)30-21(25)24-19(17-28-31(24)26)16-18-10-12-20(13-11-18)27-14-9-15-29-32(7,8)23(4,5)6;1-17(2,3)25-16(20)19-14(12-24-26(19,21)22)11-13-5-7-15(8-6-13)23-10-4-9-18/h10-13,19H,9,14-17H2,1-8H3;5-8,14H,4,9-12H2,1-3H3/t19-,31?;14-/m00/s1. The molecule has 328 valence electrons. The van der Waals surface area contributed by atoms with Crippen molar-refractivity contribution in [1.29, 1.82) is 0 Å². The highest BCUT2D eigenvalue weighted by atomic mass is 35.5. The summed E-state index contributed by atoms with van der Waals surface area (Å²) in [5.41, 5.74) is 0.388. The lowest BCUT2D eigenvalue weighted by atomic mass is 10.1. The minimum atomic E-state index is -4.13. The summed E-state index contributed by atoms with van der Waals surface area (Å²) < 4.78 is 76.2. The molecule has 0 saturated carbocycles. The van der Waals surface area contributed by atoms with Crippen molar-refractivity contribution in [2.24, 2.45) is 0 Å². The van der Waals surface area contributed by atoms with Crippen molar-refractivity contribution in [3.63, 3.8) is 0 Å². The molecule has 58 heavy (non-hydrogen) atoms. The van der Waals surface area contributed by atoms with E-state index in [1.54, 1.807) is 53.7 Å². The van der Waals surface area contributed by atoms with E-state index in [0.717, 1.165) is 29.7 Å². The molecule has 4 rings (SSSR count). The lowest BCUT2D eigenvalue weighted by Gasteiger charge is -2.36. The van der Waals surface area contributed by atoms with Crippen LogP contribution in [0.2, 0.25) is 18.1 Å². The largest absolute Gasteiger partial charge is 0.494 e. The molecule has 0 N–H and O–H groups in total. The Kier molecular flexibility index (Phi) is 17.9. The van der Waals surface area contributed by atoms with Gasteiger partial charge in [0.25, 0.3) is 11.3 Å². The van der Waals surface area contributed by atoms with Crippen LogP contribution in [0.4, 0.5) is 9.59 Å². The van der Waals surface area contributed by atoms with Gasteiger partial charge in [-0.3, -0.25) is 8.37 Å². The number of amides is 2. The summed E-state index contributed by atoms with van der Waals surface area (Å²) in [5, 5.41) is 0.208. The number of ether oxygens (including phenoxy) is 4. The van der Waals surface area contributed by atoms with E-state index < -0.39 is 59.3 Å². The maximum absolute atomic E-state index is 12.4. The SMILES string of the molecule is CC(C)(C)OC(=O)N1[C@@H](Cc2ccc(OCCCCl)cc2)COS1(=O)=O.CC(C)(C)OC(=O)N1[C@@H](Cc2ccc(OCCCO[Si](C)(C)C(C)(C)C)cc2)COS1=O. The number of carbonyl (C=O) groups excluding carboxylic acids is 2. The van der Waals surface area contributed by atoms with Crippen LogP contribution in [-0.4, -0.2) is 104 Å². The zero-order chi connectivity index (χ0) is 43.5. The first kappa shape index (κ1) is 49.4. The van der Waals surface area contributed by atoms with Crippen LogP contribution >= 0.6 is 11.6 Å². The van der Waals surface area contributed by atoms with E-state index in [2.05, 4.69) is 33.9 Å². The van der Waals surface area contributed by atoms with Gasteiger partial charge in [0.1, 0.15) is 22.7 Å². The van der Waals surface area contributed by atoms with Crippen molar-refractivity contribution in [1.82, 2.24) is 8.61 Å². The van der Waals surface area contributed by atoms with Gasteiger partial charge in [0, 0.05) is 18.9 Å². The molecule has 2 aliphatic heterocycles. The van der Waals surface area contributed by atoms with E-state index in [9.17, 15) is 22.2 Å². The molecule has 1 unspecified atom stereocenters. The third-order valence-electron chi connectivity index (χ3n) is 9.14. The molecular weight excluding hydrogens is 828 g/mol. The summed E-state index contributed by atoms with van der Waals surface area (Å²) in [6, 6.07) is 14.0. The molecule has 0 aromatic heterocycles. The highest BCUT2D eigenvalue weighted by Gasteiger charge is 2.45. The number of carbonyl (C=O) groups is 2. The van der Waals surface area contributed by atoms with Crippen LogP contribution in [0.25, 0.3) is 0 Å². The molecular formula is C40H63ClN2O12S2Si. The summed E-state index contributed by atoms with van der Waals surface area (Å²) in [5.74, 6) is 2.03. The average Bonchev–Trinajstić information content (AvgIpc) is 3.61. The Morgan fingerprint density at radius 1 is 0.759 bits per heavy atom. The molecule has 0 bridgehead atoms. The lowest BCUT2D eigenvalue weighted by Crippen LogP contribution is -2.43. The van der Waals surface area contributed by atoms with Crippen LogP contribution in [0, 0.1) is 0 Å². The number of hydrogen-bond donors (Lipinski definition) is 0. The van der Waals surface area contributed by atoms with E-state index in [1.165, 1.54) is 4.31 Å². The molecule has 18 heteroatoms. The molecule has 2 fully saturated rings. The Morgan fingerprint density at radius 3 is 1.72 bits per heavy atom. The average molecular weight is 892 g/mol. The van der Waals surface area contributed by atoms with Gasteiger partial charge in [0.2, 0.25) is 0 Å². The Labute approximate surface area is 354 Å². The molecule has 2 saturated heterocycles. The van der Waals surface area contributed by atoms with Crippen molar-refractivity contribution < 1.29 is 54.0 Å². The van der Waals surface area contributed by atoms with Crippen LogP contribution in [0.3, 0.4) is 0 Å². The predicted octanol–water partition coefficient (Wildman–Crippen LogP) is 8.35. The predicted molar refractivity (Wildman–Crippen MR) is 227 cm³/mol. The van der Waals surface area contributed by atoms with Crippen LogP contribution in [-0.2, 0) is 56.7 Å². The summed E-state index contributed by atoms with van der Waals surface area (Å²) in [6.07, 6.45) is 0.876. The minimum Gasteiger partial charge on any atom is -0.494 e. The number of halogens is 1. The topological polar surface area (TPSA) is 156 Å². The fraction of sp³-hybridized carbons (Fsp3) is 0.650. The van der Waals surface area contributed by atoms with Crippen LogP contribution in [0.15, 0.2) is 48.5 Å². The van der Waals surface area contributed by atoms with Gasteiger partial charge in [-0.25, -0.2) is 13.8 Å². The molecule has 0 spiro atoms. The van der Waals surface area contributed by atoms with Crippen molar-refractivity contribution in [3.8, 4) is 11.5 Å². The minimum absolute atomic E-state index is 0.102. The van der Waals surface area contributed by atoms with Crippen molar-refractivity contribution in [2.45, 2.75) is 129 Å². The zero-order valence-electron chi connectivity index (χ0n) is 35.8. The van der Waals surface area contributed by atoms with Gasteiger partial charge < -0.3 is 23.4 Å². The smallest absolute Gasteiger partial charge is 0.426 e. The van der Waals surface area contributed by atoms with Gasteiger partial charge in [-0.1, -0.05) is 45.0 Å². The third kappa shape index (κ3) is 15.9. The van der Waals surface area contributed by atoms with Gasteiger partial charge in [-0.15, -0.1) is 11.6 Å². The maximum atomic E-state index is 12.4. The second-order valence-electron chi connectivity index (χ2n) is 17.5. The van der Waals surface area contributed by atoms with Crippen LogP contribution in [0.1, 0.15) is 86.3 Å². The van der Waals surface area contributed by atoms with Crippen LogP contribution in [0.5, 0.6) is 11.5 Å². The zero-order valence-corrected chi connectivity index (χ0v) is 39.2. The van der Waals surface area contributed by atoms with E-state index in [0.29, 0.717) is 48.6 Å². The van der Waals surface area contributed by atoms with Crippen molar-refractivity contribution >= 4 is 53.7 Å². The van der Waals surface area contributed by atoms with Crippen molar-refractivity contribution in [3.05, 3.63) is 59.7 Å². The summed E-state index contributed by atoms with van der Waals surface area (Å²) in [6.45, 7) is 23.5. The second kappa shape index (κ2) is 21.0. The fourth-order valence-electron chi connectivity index (χ4n) is 5.23. The number of nitrogens with zero attached hydrogens (tertiary/aromatic N) is 2. The quantitative estimate of drug-likeness (QED) is 0.102.